The molecule has 0 radical (unpaired) electrons. The molecular formula is C28H24N4O3. The number of nitrogens with zero attached hydrogens (tertiary/aromatic N) is 3. The Morgan fingerprint density at radius 1 is 0.829 bits per heavy atom. The lowest BCUT2D eigenvalue weighted by Gasteiger charge is -2.28. The van der Waals surface area contributed by atoms with Gasteiger partial charge < -0.3 is 4.42 Å². The van der Waals surface area contributed by atoms with Gasteiger partial charge >= 0.3 is 5.91 Å². The SMILES string of the molecule is O=C(NN=C1C(=O)N(CN(Cc2ccccc2)Cc2ccccc2)c2ccccc21)c1ccco1. The first-order valence-electron chi connectivity index (χ1n) is 11.3. The summed E-state index contributed by atoms with van der Waals surface area (Å²) in [5.41, 5.74) is 6.39. The number of anilines is 1. The van der Waals surface area contributed by atoms with E-state index in [-0.39, 0.29) is 17.4 Å². The van der Waals surface area contributed by atoms with Crippen molar-refractivity contribution in [3.05, 3.63) is 126 Å². The number of fused-ring (bicyclic) bond motifs is 1. The maximum absolute atomic E-state index is 13.5. The number of benzene rings is 3. The number of nitrogens with one attached hydrogen (secondary N) is 1. The smallest absolute Gasteiger partial charge is 0.307 e. The molecule has 0 unspecified atom stereocenters. The highest BCUT2D eigenvalue weighted by molar-refractivity contribution is 6.54. The van der Waals surface area contributed by atoms with Crippen LogP contribution in [0.25, 0.3) is 0 Å². The largest absolute Gasteiger partial charge is 0.459 e. The van der Waals surface area contributed by atoms with Crippen molar-refractivity contribution in [1.82, 2.24) is 10.3 Å². The van der Waals surface area contributed by atoms with Crippen molar-refractivity contribution in [1.29, 1.82) is 0 Å². The Bertz CT molecular complexity index is 1290. The van der Waals surface area contributed by atoms with Crippen molar-refractivity contribution in [3.63, 3.8) is 0 Å². The zero-order chi connectivity index (χ0) is 24.0. The molecule has 35 heavy (non-hydrogen) atoms. The molecule has 0 bridgehead atoms. The lowest BCUT2D eigenvalue weighted by atomic mass is 10.1. The van der Waals surface area contributed by atoms with Gasteiger partial charge in [0.2, 0.25) is 0 Å². The van der Waals surface area contributed by atoms with Crippen molar-refractivity contribution < 1.29 is 14.0 Å². The van der Waals surface area contributed by atoms with Gasteiger partial charge in [-0.1, -0.05) is 78.9 Å². The standard InChI is InChI=1S/C28H24N4O3/c33-27(25-16-9-17-35-25)30-29-26-23-14-7-8-15-24(23)32(28(26)34)20-31(18-21-10-3-1-4-11-21)19-22-12-5-2-6-13-22/h1-17H,18-20H2,(H,30,33). The molecule has 0 saturated heterocycles. The summed E-state index contributed by atoms with van der Waals surface area (Å²) in [4.78, 5) is 29.7. The molecule has 4 aromatic rings. The number of hydrazone groups is 1. The van der Waals surface area contributed by atoms with Gasteiger partial charge in [0.15, 0.2) is 11.5 Å². The van der Waals surface area contributed by atoms with Crippen LogP contribution in [0.1, 0.15) is 27.2 Å². The van der Waals surface area contributed by atoms with Gasteiger partial charge in [0.1, 0.15) is 0 Å². The molecule has 0 aliphatic carbocycles. The molecule has 0 spiro atoms. The average molecular weight is 465 g/mol. The van der Waals surface area contributed by atoms with Gasteiger partial charge in [0.25, 0.3) is 5.91 Å². The first kappa shape index (κ1) is 22.3. The molecule has 5 rings (SSSR count). The van der Waals surface area contributed by atoms with E-state index in [0.717, 1.165) is 16.8 Å². The molecular weight excluding hydrogens is 440 g/mol. The second kappa shape index (κ2) is 10.2. The van der Waals surface area contributed by atoms with Gasteiger partial charge in [0.05, 0.1) is 18.6 Å². The normalized spacial score (nSPS) is 13.9. The van der Waals surface area contributed by atoms with Gasteiger partial charge in [0, 0.05) is 18.7 Å². The first-order chi connectivity index (χ1) is 17.2. The van der Waals surface area contributed by atoms with E-state index in [0.29, 0.717) is 25.3 Å². The fourth-order valence-electron chi connectivity index (χ4n) is 4.12. The number of carbonyl (C=O) groups excluding carboxylic acids is 2. The predicted octanol–water partition coefficient (Wildman–Crippen LogP) is 4.42. The van der Waals surface area contributed by atoms with Crippen LogP contribution < -0.4 is 10.3 Å². The summed E-state index contributed by atoms with van der Waals surface area (Å²) >= 11 is 0. The topological polar surface area (TPSA) is 78.2 Å². The van der Waals surface area contributed by atoms with Crippen LogP contribution in [0.4, 0.5) is 5.69 Å². The number of furan rings is 1. The molecule has 3 aromatic carbocycles. The monoisotopic (exact) mass is 464 g/mol. The Morgan fingerprint density at radius 2 is 1.46 bits per heavy atom. The highest BCUT2D eigenvalue weighted by Gasteiger charge is 2.35. The van der Waals surface area contributed by atoms with E-state index in [1.165, 1.54) is 12.3 Å². The Balaban J connectivity index is 1.41. The van der Waals surface area contributed by atoms with Crippen LogP contribution in [-0.4, -0.2) is 29.1 Å². The molecule has 1 aliphatic rings. The maximum Gasteiger partial charge on any atom is 0.307 e. The third-order valence-electron chi connectivity index (χ3n) is 5.75. The second-order valence-electron chi connectivity index (χ2n) is 8.23. The molecule has 0 saturated carbocycles. The Hall–Kier alpha value is -4.49. The summed E-state index contributed by atoms with van der Waals surface area (Å²) in [6.07, 6.45) is 1.41. The lowest BCUT2D eigenvalue weighted by Crippen LogP contribution is -2.41. The van der Waals surface area contributed by atoms with Crippen molar-refractivity contribution in [2.75, 3.05) is 11.6 Å². The number of para-hydroxylation sites is 1. The highest BCUT2D eigenvalue weighted by atomic mass is 16.3. The Kier molecular flexibility index (Phi) is 6.50. The van der Waals surface area contributed by atoms with Crippen LogP contribution in [0.5, 0.6) is 0 Å². The zero-order valence-corrected chi connectivity index (χ0v) is 19.0. The third kappa shape index (κ3) is 5.05. The minimum absolute atomic E-state index is 0.127. The number of hydrogen-bond acceptors (Lipinski definition) is 5. The predicted molar refractivity (Wildman–Crippen MR) is 134 cm³/mol. The van der Waals surface area contributed by atoms with Gasteiger partial charge in [-0.15, -0.1) is 0 Å². The van der Waals surface area contributed by atoms with Crippen LogP contribution >= 0.6 is 0 Å². The molecule has 2 amide bonds. The molecule has 0 atom stereocenters. The van der Waals surface area contributed by atoms with E-state index >= 15 is 0 Å². The number of rotatable bonds is 8. The first-order valence-corrected chi connectivity index (χ1v) is 11.3. The summed E-state index contributed by atoms with van der Waals surface area (Å²) in [6.45, 7) is 1.71. The van der Waals surface area contributed by atoms with Gasteiger partial charge in [-0.3, -0.25) is 19.4 Å². The van der Waals surface area contributed by atoms with Crippen LogP contribution in [0, 0.1) is 0 Å². The van der Waals surface area contributed by atoms with E-state index in [1.54, 1.807) is 11.0 Å². The molecule has 1 aliphatic heterocycles. The molecule has 7 nitrogen and oxygen atoms in total. The van der Waals surface area contributed by atoms with E-state index < -0.39 is 5.91 Å². The molecule has 0 fully saturated rings. The molecule has 7 heteroatoms. The number of carbonyl (C=O) groups is 2. The number of amides is 2. The minimum Gasteiger partial charge on any atom is -0.459 e. The average Bonchev–Trinajstić information content (AvgIpc) is 3.52. The fraction of sp³-hybridized carbons (Fsp3) is 0.107. The van der Waals surface area contributed by atoms with Crippen molar-refractivity contribution >= 4 is 23.2 Å². The van der Waals surface area contributed by atoms with Crippen molar-refractivity contribution in [2.24, 2.45) is 5.10 Å². The van der Waals surface area contributed by atoms with Crippen molar-refractivity contribution in [3.8, 4) is 0 Å². The Labute approximate surface area is 203 Å². The maximum atomic E-state index is 13.5. The van der Waals surface area contributed by atoms with Crippen molar-refractivity contribution in [2.45, 2.75) is 13.1 Å². The Morgan fingerprint density at radius 3 is 2.09 bits per heavy atom. The fourth-order valence-corrected chi connectivity index (χ4v) is 4.12. The molecule has 1 N–H and O–H groups in total. The summed E-state index contributed by atoms with van der Waals surface area (Å²) in [5.74, 6) is -0.653. The third-order valence-corrected chi connectivity index (χ3v) is 5.75. The summed E-state index contributed by atoms with van der Waals surface area (Å²) < 4.78 is 5.11. The summed E-state index contributed by atoms with van der Waals surface area (Å²) in [6, 6.07) is 31.0. The highest BCUT2D eigenvalue weighted by Crippen LogP contribution is 2.29. The second-order valence-corrected chi connectivity index (χ2v) is 8.23. The minimum atomic E-state index is -0.513. The number of hydrogen-bond donors (Lipinski definition) is 1. The summed E-state index contributed by atoms with van der Waals surface area (Å²) in [5, 5.41) is 4.17. The lowest BCUT2D eigenvalue weighted by molar-refractivity contribution is -0.112. The molecule has 2 heterocycles. The molecule has 1 aromatic heterocycles. The van der Waals surface area contributed by atoms with Crippen LogP contribution in [0.3, 0.4) is 0 Å². The van der Waals surface area contributed by atoms with Crippen LogP contribution in [0.2, 0.25) is 0 Å². The van der Waals surface area contributed by atoms with Gasteiger partial charge in [-0.25, -0.2) is 5.43 Å². The zero-order valence-electron chi connectivity index (χ0n) is 19.0. The van der Waals surface area contributed by atoms with E-state index in [4.69, 9.17) is 4.42 Å². The quantitative estimate of drug-likeness (QED) is 0.392. The van der Waals surface area contributed by atoms with Gasteiger partial charge in [-0.05, 0) is 29.3 Å². The summed E-state index contributed by atoms with van der Waals surface area (Å²) in [7, 11) is 0. The van der Waals surface area contributed by atoms with Gasteiger partial charge in [-0.2, -0.15) is 5.10 Å². The van der Waals surface area contributed by atoms with Crippen LogP contribution in [0.15, 0.2) is 113 Å². The van der Waals surface area contributed by atoms with E-state index in [1.807, 2.05) is 60.7 Å². The molecule has 174 valence electrons. The van der Waals surface area contributed by atoms with E-state index in [9.17, 15) is 9.59 Å². The van der Waals surface area contributed by atoms with E-state index in [2.05, 4.69) is 39.7 Å². The van der Waals surface area contributed by atoms with Crippen LogP contribution in [-0.2, 0) is 17.9 Å².